The van der Waals surface area contributed by atoms with Crippen molar-refractivity contribution in [1.82, 2.24) is 9.80 Å². The van der Waals surface area contributed by atoms with E-state index in [-0.39, 0.29) is 13.1 Å². The normalized spacial score (nSPS) is 23.5. The van der Waals surface area contributed by atoms with Gasteiger partial charge < -0.3 is 14.9 Å². The Morgan fingerprint density at radius 3 is 2.42 bits per heavy atom. The fourth-order valence-corrected chi connectivity index (χ4v) is 1.93. The second-order valence-electron chi connectivity index (χ2n) is 5.11. The second-order valence-corrected chi connectivity index (χ2v) is 5.11. The predicted molar refractivity (Wildman–Crippen MR) is 60.6 cm³/mol. The van der Waals surface area contributed by atoms with Gasteiger partial charge in [-0.05, 0) is 13.3 Å². The molecule has 0 bridgehead atoms. The minimum atomic E-state index is -4.31. The Kier molecular flexibility index (Phi) is 4.32. The maximum absolute atomic E-state index is 12.1. The van der Waals surface area contributed by atoms with Crippen molar-refractivity contribution < 1.29 is 27.9 Å². The summed E-state index contributed by atoms with van der Waals surface area (Å²) in [4.78, 5) is 25.1. The molecule has 5 nitrogen and oxygen atoms in total. The van der Waals surface area contributed by atoms with Crippen LogP contribution in [0, 0.1) is 5.41 Å². The van der Waals surface area contributed by atoms with Crippen molar-refractivity contribution in [1.29, 1.82) is 0 Å². The molecule has 0 aromatic rings. The van der Waals surface area contributed by atoms with Crippen molar-refractivity contribution in [3.8, 4) is 0 Å². The van der Waals surface area contributed by atoms with E-state index in [0.29, 0.717) is 6.42 Å². The molecule has 0 saturated carbocycles. The molecule has 0 radical (unpaired) electrons. The lowest BCUT2D eigenvalue weighted by Crippen LogP contribution is -2.42. The summed E-state index contributed by atoms with van der Waals surface area (Å²) in [5.74, 6) is -0.999. The van der Waals surface area contributed by atoms with Crippen molar-refractivity contribution in [3.05, 3.63) is 0 Å². The van der Waals surface area contributed by atoms with Gasteiger partial charge in [0.15, 0.2) is 0 Å². The summed E-state index contributed by atoms with van der Waals surface area (Å²) in [5, 5.41) is 9.02. The van der Waals surface area contributed by atoms with E-state index in [4.69, 9.17) is 5.11 Å². The third-order valence-electron chi connectivity index (χ3n) is 3.32. The maximum Gasteiger partial charge on any atom is 0.390 e. The van der Waals surface area contributed by atoms with E-state index >= 15 is 0 Å². The summed E-state index contributed by atoms with van der Waals surface area (Å²) in [6.45, 7) is 1.37. The van der Waals surface area contributed by atoms with Crippen LogP contribution in [0.25, 0.3) is 0 Å². The highest BCUT2D eigenvalue weighted by molar-refractivity contribution is 5.79. The fourth-order valence-electron chi connectivity index (χ4n) is 1.93. The first-order valence-corrected chi connectivity index (χ1v) is 5.85. The first-order chi connectivity index (χ1) is 8.55. The van der Waals surface area contributed by atoms with Crippen LogP contribution < -0.4 is 0 Å². The van der Waals surface area contributed by atoms with Crippen molar-refractivity contribution in [3.63, 3.8) is 0 Å². The smallest absolute Gasteiger partial charge is 0.390 e. The highest BCUT2D eigenvalue weighted by atomic mass is 19.4. The molecule has 0 spiro atoms. The molecule has 1 heterocycles. The Labute approximate surface area is 109 Å². The quantitative estimate of drug-likeness (QED) is 0.858. The van der Waals surface area contributed by atoms with Gasteiger partial charge in [-0.3, -0.25) is 4.79 Å². The number of amides is 2. The average molecular weight is 282 g/mol. The summed E-state index contributed by atoms with van der Waals surface area (Å²) < 4.78 is 36.2. The third-order valence-corrected chi connectivity index (χ3v) is 3.32. The molecular formula is C11H17F3N2O3. The van der Waals surface area contributed by atoms with Crippen molar-refractivity contribution in [2.45, 2.75) is 25.9 Å². The van der Waals surface area contributed by atoms with Gasteiger partial charge in [-0.25, -0.2) is 4.79 Å². The lowest BCUT2D eigenvalue weighted by molar-refractivity contribution is -0.147. The van der Waals surface area contributed by atoms with Gasteiger partial charge in [-0.15, -0.1) is 0 Å². The van der Waals surface area contributed by atoms with E-state index in [9.17, 15) is 22.8 Å². The molecule has 0 aromatic heterocycles. The van der Waals surface area contributed by atoms with E-state index in [2.05, 4.69) is 0 Å². The largest absolute Gasteiger partial charge is 0.481 e. The Bertz CT molecular complexity index is 373. The van der Waals surface area contributed by atoms with Crippen LogP contribution in [0.4, 0.5) is 18.0 Å². The number of likely N-dealkylation sites (tertiary alicyclic amines) is 1. The molecule has 19 heavy (non-hydrogen) atoms. The number of carboxylic acids is 1. The molecule has 0 aromatic carbocycles. The number of carbonyl (C=O) groups is 2. The van der Waals surface area contributed by atoms with Gasteiger partial charge >= 0.3 is 18.2 Å². The molecular weight excluding hydrogens is 265 g/mol. The van der Waals surface area contributed by atoms with Gasteiger partial charge in [0.2, 0.25) is 0 Å². The Balaban J connectivity index is 2.53. The van der Waals surface area contributed by atoms with E-state index in [1.165, 1.54) is 18.9 Å². The first-order valence-electron chi connectivity index (χ1n) is 5.85. The standard InChI is InChI=1S/C11H17F3N2O3/c1-10(8(17)18)3-6-16(7-10)9(19)15(2)5-4-11(12,13)14/h3-7H2,1-2H3,(H,17,18). The van der Waals surface area contributed by atoms with Crippen LogP contribution in [0.5, 0.6) is 0 Å². The Hall–Kier alpha value is -1.47. The number of alkyl halides is 3. The number of carboxylic acid groups (broad SMARTS) is 1. The predicted octanol–water partition coefficient (Wildman–Crippen LogP) is 1.79. The minimum Gasteiger partial charge on any atom is -0.481 e. The molecule has 1 saturated heterocycles. The zero-order valence-corrected chi connectivity index (χ0v) is 10.8. The zero-order chi connectivity index (χ0) is 14.8. The summed E-state index contributed by atoms with van der Waals surface area (Å²) in [7, 11) is 1.28. The number of hydrogen-bond acceptors (Lipinski definition) is 2. The summed E-state index contributed by atoms with van der Waals surface area (Å²) in [5.41, 5.74) is -1.01. The summed E-state index contributed by atoms with van der Waals surface area (Å²) in [6, 6.07) is -0.561. The van der Waals surface area contributed by atoms with E-state index in [1.54, 1.807) is 0 Å². The van der Waals surface area contributed by atoms with Crippen LogP contribution >= 0.6 is 0 Å². The molecule has 1 aliphatic rings. The molecule has 1 unspecified atom stereocenters. The summed E-state index contributed by atoms with van der Waals surface area (Å²) >= 11 is 0. The van der Waals surface area contributed by atoms with Gasteiger partial charge in [0, 0.05) is 26.7 Å². The lowest BCUT2D eigenvalue weighted by Gasteiger charge is -2.26. The van der Waals surface area contributed by atoms with Gasteiger partial charge in [0.1, 0.15) is 0 Å². The highest BCUT2D eigenvalue weighted by Crippen LogP contribution is 2.30. The van der Waals surface area contributed by atoms with Crippen LogP contribution in [0.15, 0.2) is 0 Å². The van der Waals surface area contributed by atoms with Crippen molar-refractivity contribution in [2.24, 2.45) is 5.41 Å². The number of halogens is 3. The number of rotatable bonds is 3. The van der Waals surface area contributed by atoms with Gasteiger partial charge in [-0.2, -0.15) is 13.2 Å². The Morgan fingerprint density at radius 2 is 2.00 bits per heavy atom. The monoisotopic (exact) mass is 282 g/mol. The van der Waals surface area contributed by atoms with Gasteiger partial charge in [-0.1, -0.05) is 0 Å². The summed E-state index contributed by atoms with van der Waals surface area (Å²) in [6.07, 6.45) is -5.07. The minimum absolute atomic E-state index is 0.0253. The molecule has 1 aliphatic heterocycles. The maximum atomic E-state index is 12.1. The van der Waals surface area contributed by atoms with Crippen LogP contribution in [0.1, 0.15) is 19.8 Å². The lowest BCUT2D eigenvalue weighted by atomic mass is 9.90. The SMILES string of the molecule is CN(CCC(F)(F)F)C(=O)N1CCC(C)(C(=O)O)C1. The zero-order valence-electron chi connectivity index (χ0n) is 10.8. The van der Waals surface area contributed by atoms with E-state index in [0.717, 1.165) is 4.90 Å². The van der Waals surface area contributed by atoms with E-state index in [1.807, 2.05) is 0 Å². The Morgan fingerprint density at radius 1 is 1.42 bits per heavy atom. The molecule has 2 amide bonds. The van der Waals surface area contributed by atoms with E-state index < -0.39 is 36.6 Å². The third kappa shape index (κ3) is 4.00. The molecule has 0 aliphatic carbocycles. The highest BCUT2D eigenvalue weighted by Gasteiger charge is 2.43. The van der Waals surface area contributed by atoms with Crippen molar-refractivity contribution >= 4 is 12.0 Å². The molecule has 1 N–H and O–H groups in total. The number of hydrogen-bond donors (Lipinski definition) is 1. The number of carbonyl (C=O) groups excluding carboxylic acids is 1. The molecule has 1 fully saturated rings. The molecule has 1 atom stereocenters. The van der Waals surface area contributed by atoms with Crippen LogP contribution in [-0.2, 0) is 4.79 Å². The van der Waals surface area contributed by atoms with Crippen LogP contribution in [0.2, 0.25) is 0 Å². The number of nitrogens with zero attached hydrogens (tertiary/aromatic N) is 2. The number of aliphatic carboxylic acids is 1. The van der Waals surface area contributed by atoms with Gasteiger partial charge in [0.05, 0.1) is 11.8 Å². The fraction of sp³-hybridized carbons (Fsp3) is 0.818. The number of urea groups is 1. The molecule has 1 rings (SSSR count). The van der Waals surface area contributed by atoms with Crippen molar-refractivity contribution in [2.75, 3.05) is 26.7 Å². The topological polar surface area (TPSA) is 60.9 Å². The second kappa shape index (κ2) is 5.26. The average Bonchev–Trinajstić information content (AvgIpc) is 2.68. The molecule has 8 heteroatoms. The van der Waals surface area contributed by atoms with Gasteiger partial charge in [0.25, 0.3) is 0 Å². The first kappa shape index (κ1) is 15.6. The van der Waals surface area contributed by atoms with Crippen LogP contribution in [0.3, 0.4) is 0 Å². The van der Waals surface area contributed by atoms with Crippen LogP contribution in [-0.4, -0.2) is 59.8 Å². The molecule has 110 valence electrons.